The number of aryl methyl sites for hydroxylation is 2. The van der Waals surface area contributed by atoms with Crippen LogP contribution in [0.2, 0.25) is 0 Å². The van der Waals surface area contributed by atoms with Gasteiger partial charge in [0.2, 0.25) is 0 Å². The molecule has 1 N–H and O–H groups in total. The molecule has 4 heteroatoms. The normalized spacial score (nSPS) is 14.9. The minimum atomic E-state index is -0.679. The molecule has 0 unspecified atom stereocenters. The number of benzene rings is 2. The summed E-state index contributed by atoms with van der Waals surface area (Å²) in [5, 5.41) is 9.00. The molecule has 0 atom stereocenters. The van der Waals surface area contributed by atoms with Crippen molar-refractivity contribution in [3.05, 3.63) is 64.7 Å². The molecule has 0 aromatic heterocycles. The Labute approximate surface area is 156 Å². The van der Waals surface area contributed by atoms with E-state index in [4.69, 9.17) is 5.11 Å². The van der Waals surface area contributed by atoms with Crippen LogP contribution in [0.1, 0.15) is 29.2 Å². The average Bonchev–Trinajstić information content (AvgIpc) is 2.58. The van der Waals surface area contributed by atoms with E-state index < -0.39 is 5.97 Å². The Morgan fingerprint density at radius 1 is 1.12 bits per heavy atom. The molecule has 0 radical (unpaired) electrons. The molecule has 1 aliphatic heterocycles. The lowest BCUT2D eigenvalue weighted by Crippen LogP contribution is -2.49. The smallest absolute Gasteiger partial charge is 0.309 e. The zero-order valence-electron chi connectivity index (χ0n) is 15.9. The molecule has 138 valence electrons. The number of rotatable bonds is 7. The highest BCUT2D eigenvalue weighted by molar-refractivity contribution is 5.71. The molecule has 1 fully saturated rings. The van der Waals surface area contributed by atoms with Crippen LogP contribution in [-0.2, 0) is 17.9 Å². The third-order valence-corrected chi connectivity index (χ3v) is 5.31. The first-order chi connectivity index (χ1) is 12.5. The molecule has 1 aliphatic rings. The largest absolute Gasteiger partial charge is 0.481 e. The van der Waals surface area contributed by atoms with Gasteiger partial charge in [0, 0.05) is 38.4 Å². The zero-order valence-corrected chi connectivity index (χ0v) is 15.9. The molecule has 0 amide bonds. The van der Waals surface area contributed by atoms with E-state index in [-0.39, 0.29) is 5.92 Å². The fourth-order valence-electron chi connectivity index (χ4n) is 3.47. The number of likely N-dealkylation sites (tertiary alicyclic amines) is 1. The van der Waals surface area contributed by atoms with Gasteiger partial charge in [-0.3, -0.25) is 9.69 Å². The lowest BCUT2D eigenvalue weighted by atomic mass is 9.99. The summed E-state index contributed by atoms with van der Waals surface area (Å²) in [7, 11) is 0. The maximum atomic E-state index is 10.9. The van der Waals surface area contributed by atoms with E-state index in [1.54, 1.807) is 0 Å². The number of aliphatic carboxylic acids is 1. The molecule has 2 aromatic rings. The van der Waals surface area contributed by atoms with E-state index in [0.29, 0.717) is 13.1 Å². The highest BCUT2D eigenvalue weighted by Gasteiger charge is 2.32. The predicted octanol–water partition coefficient (Wildman–Crippen LogP) is 3.85. The first kappa shape index (κ1) is 18.5. The van der Waals surface area contributed by atoms with Gasteiger partial charge in [-0.15, -0.1) is 0 Å². The molecule has 3 rings (SSSR count). The van der Waals surface area contributed by atoms with Gasteiger partial charge in [-0.25, -0.2) is 0 Å². The number of hydrogen-bond donors (Lipinski definition) is 1. The maximum Gasteiger partial charge on any atom is 0.309 e. The topological polar surface area (TPSA) is 43.8 Å². The van der Waals surface area contributed by atoms with Crippen molar-refractivity contribution in [3.8, 4) is 0 Å². The SMILES string of the molecule is CCN(Cc1cccc(CN2CC(C(=O)O)C2)c1)c1ccc(C)c(C)c1. The highest BCUT2D eigenvalue weighted by Crippen LogP contribution is 2.22. The summed E-state index contributed by atoms with van der Waals surface area (Å²) in [5.41, 5.74) is 6.44. The van der Waals surface area contributed by atoms with Crippen LogP contribution in [-0.4, -0.2) is 35.6 Å². The summed E-state index contributed by atoms with van der Waals surface area (Å²) in [5.74, 6) is -0.875. The van der Waals surface area contributed by atoms with Gasteiger partial charge in [-0.05, 0) is 55.2 Å². The van der Waals surface area contributed by atoms with E-state index >= 15 is 0 Å². The summed E-state index contributed by atoms with van der Waals surface area (Å²) >= 11 is 0. The summed E-state index contributed by atoms with van der Waals surface area (Å²) in [6.45, 7) is 10.5. The molecular formula is C22H28N2O2. The summed E-state index contributed by atoms with van der Waals surface area (Å²) in [6.07, 6.45) is 0. The van der Waals surface area contributed by atoms with E-state index in [1.165, 1.54) is 27.9 Å². The van der Waals surface area contributed by atoms with Crippen molar-refractivity contribution in [2.24, 2.45) is 5.92 Å². The first-order valence-electron chi connectivity index (χ1n) is 9.31. The van der Waals surface area contributed by atoms with E-state index in [9.17, 15) is 4.79 Å². The summed E-state index contributed by atoms with van der Waals surface area (Å²) < 4.78 is 0. The molecule has 4 nitrogen and oxygen atoms in total. The van der Waals surface area contributed by atoms with Crippen molar-refractivity contribution in [3.63, 3.8) is 0 Å². The van der Waals surface area contributed by atoms with Gasteiger partial charge in [0.05, 0.1) is 5.92 Å². The molecule has 0 bridgehead atoms. The summed E-state index contributed by atoms with van der Waals surface area (Å²) in [6, 6.07) is 15.3. The van der Waals surface area contributed by atoms with E-state index in [0.717, 1.165) is 19.6 Å². The standard InChI is InChI=1S/C22H28N2O2/c1-4-24(21-9-8-16(2)17(3)10-21)13-19-7-5-6-18(11-19)12-23-14-20(15-23)22(25)26/h5-11,20H,4,12-15H2,1-3H3,(H,25,26). The number of carboxylic acid groups (broad SMARTS) is 1. The van der Waals surface area contributed by atoms with E-state index in [2.05, 4.69) is 73.0 Å². The van der Waals surface area contributed by atoms with Gasteiger partial charge in [-0.1, -0.05) is 30.3 Å². The molecule has 0 aliphatic carbocycles. The van der Waals surface area contributed by atoms with Gasteiger partial charge in [0.15, 0.2) is 0 Å². The molecule has 0 spiro atoms. The molecule has 2 aromatic carbocycles. The van der Waals surface area contributed by atoms with Crippen LogP contribution in [0.3, 0.4) is 0 Å². The highest BCUT2D eigenvalue weighted by atomic mass is 16.4. The Morgan fingerprint density at radius 2 is 1.85 bits per heavy atom. The molecular weight excluding hydrogens is 324 g/mol. The van der Waals surface area contributed by atoms with Gasteiger partial charge in [0.25, 0.3) is 0 Å². The molecule has 1 heterocycles. The Kier molecular flexibility index (Phi) is 5.62. The first-order valence-corrected chi connectivity index (χ1v) is 9.31. The van der Waals surface area contributed by atoms with Gasteiger partial charge >= 0.3 is 5.97 Å². The van der Waals surface area contributed by atoms with Crippen molar-refractivity contribution in [1.29, 1.82) is 0 Å². The zero-order chi connectivity index (χ0) is 18.7. The maximum absolute atomic E-state index is 10.9. The van der Waals surface area contributed by atoms with Crippen LogP contribution < -0.4 is 4.90 Å². The third kappa shape index (κ3) is 4.25. The van der Waals surface area contributed by atoms with Crippen LogP contribution in [0.4, 0.5) is 5.69 Å². The Hall–Kier alpha value is -2.33. The number of carboxylic acids is 1. The Balaban J connectivity index is 1.65. The number of hydrogen-bond acceptors (Lipinski definition) is 3. The number of nitrogens with zero attached hydrogens (tertiary/aromatic N) is 2. The Bertz CT molecular complexity index is 781. The second-order valence-electron chi connectivity index (χ2n) is 7.33. The molecule has 1 saturated heterocycles. The second-order valence-corrected chi connectivity index (χ2v) is 7.33. The summed E-state index contributed by atoms with van der Waals surface area (Å²) in [4.78, 5) is 15.5. The van der Waals surface area contributed by atoms with Crippen molar-refractivity contribution in [1.82, 2.24) is 4.90 Å². The van der Waals surface area contributed by atoms with Crippen molar-refractivity contribution < 1.29 is 9.90 Å². The van der Waals surface area contributed by atoms with Crippen LogP contribution in [0, 0.1) is 19.8 Å². The lowest BCUT2D eigenvalue weighted by Gasteiger charge is -2.36. The van der Waals surface area contributed by atoms with Gasteiger partial charge in [-0.2, -0.15) is 0 Å². The monoisotopic (exact) mass is 352 g/mol. The van der Waals surface area contributed by atoms with Crippen LogP contribution in [0.25, 0.3) is 0 Å². The number of carbonyl (C=O) groups is 1. The Morgan fingerprint density at radius 3 is 2.50 bits per heavy atom. The van der Waals surface area contributed by atoms with Crippen molar-refractivity contribution >= 4 is 11.7 Å². The lowest BCUT2D eigenvalue weighted by molar-refractivity contribution is -0.147. The fraction of sp³-hybridized carbons (Fsp3) is 0.409. The average molecular weight is 352 g/mol. The minimum Gasteiger partial charge on any atom is -0.481 e. The second kappa shape index (κ2) is 7.92. The van der Waals surface area contributed by atoms with Crippen LogP contribution in [0.5, 0.6) is 0 Å². The van der Waals surface area contributed by atoms with Crippen molar-refractivity contribution in [2.75, 3.05) is 24.5 Å². The van der Waals surface area contributed by atoms with E-state index in [1.807, 2.05) is 0 Å². The van der Waals surface area contributed by atoms with Crippen LogP contribution in [0.15, 0.2) is 42.5 Å². The van der Waals surface area contributed by atoms with Gasteiger partial charge in [0.1, 0.15) is 0 Å². The molecule has 26 heavy (non-hydrogen) atoms. The van der Waals surface area contributed by atoms with Gasteiger partial charge < -0.3 is 10.0 Å². The molecule has 0 saturated carbocycles. The third-order valence-electron chi connectivity index (χ3n) is 5.31. The van der Waals surface area contributed by atoms with Crippen LogP contribution >= 0.6 is 0 Å². The number of anilines is 1. The predicted molar refractivity (Wildman–Crippen MR) is 105 cm³/mol. The van der Waals surface area contributed by atoms with Crippen molar-refractivity contribution in [2.45, 2.75) is 33.9 Å². The fourth-order valence-corrected chi connectivity index (χ4v) is 3.47. The quantitative estimate of drug-likeness (QED) is 0.822. The minimum absolute atomic E-state index is 0.196.